The number of imidazole rings is 1. The Bertz CT molecular complexity index is 385. The van der Waals surface area contributed by atoms with Gasteiger partial charge in [0.15, 0.2) is 0 Å². The minimum Gasteiger partial charge on any atom is -0.487 e. The van der Waals surface area contributed by atoms with Crippen molar-refractivity contribution in [1.82, 2.24) is 14.5 Å². The summed E-state index contributed by atoms with van der Waals surface area (Å²) in [6, 6.07) is 3.76. The van der Waals surface area contributed by atoms with Gasteiger partial charge in [0.2, 0.25) is 0 Å². The summed E-state index contributed by atoms with van der Waals surface area (Å²) < 4.78 is 7.66. The summed E-state index contributed by atoms with van der Waals surface area (Å²) >= 11 is 0. The first-order valence-corrected chi connectivity index (χ1v) is 4.87. The van der Waals surface area contributed by atoms with Crippen LogP contribution in [0, 0.1) is 0 Å². The third kappa shape index (κ3) is 2.80. The second kappa shape index (κ2) is 4.59. The molecule has 4 nitrogen and oxygen atoms in total. The zero-order chi connectivity index (χ0) is 10.5. The van der Waals surface area contributed by atoms with Crippen molar-refractivity contribution in [2.75, 3.05) is 0 Å². The molecule has 1 unspecified atom stereocenters. The van der Waals surface area contributed by atoms with E-state index in [1.165, 1.54) is 0 Å². The first kappa shape index (κ1) is 9.71. The Balaban J connectivity index is 1.90. The fraction of sp³-hybridized carbons (Fsp3) is 0.273. The van der Waals surface area contributed by atoms with Gasteiger partial charge >= 0.3 is 0 Å². The molecule has 0 spiro atoms. The first-order chi connectivity index (χ1) is 7.34. The van der Waals surface area contributed by atoms with Gasteiger partial charge in [-0.15, -0.1) is 0 Å². The Morgan fingerprint density at radius 2 is 2.33 bits per heavy atom. The number of ether oxygens (including phenoxy) is 1. The number of rotatable bonds is 4. The third-order valence-corrected chi connectivity index (χ3v) is 2.00. The Hall–Kier alpha value is -1.84. The van der Waals surface area contributed by atoms with Crippen molar-refractivity contribution >= 4 is 0 Å². The van der Waals surface area contributed by atoms with Gasteiger partial charge in [-0.05, 0) is 19.1 Å². The average molecular weight is 203 g/mol. The van der Waals surface area contributed by atoms with E-state index < -0.39 is 0 Å². The maximum absolute atomic E-state index is 5.68. The Morgan fingerprint density at radius 3 is 3.00 bits per heavy atom. The second-order valence-corrected chi connectivity index (χ2v) is 3.38. The number of hydrogen-bond acceptors (Lipinski definition) is 3. The fourth-order valence-corrected chi connectivity index (χ4v) is 1.38. The van der Waals surface area contributed by atoms with Crippen molar-refractivity contribution in [3.63, 3.8) is 0 Å². The van der Waals surface area contributed by atoms with Crippen LogP contribution in [0.25, 0.3) is 0 Å². The Kier molecular flexibility index (Phi) is 2.97. The molecular formula is C11H13N3O. The normalized spacial score (nSPS) is 12.3. The van der Waals surface area contributed by atoms with Crippen molar-refractivity contribution in [1.29, 1.82) is 0 Å². The summed E-state index contributed by atoms with van der Waals surface area (Å²) in [5, 5.41) is 0. The molecule has 0 aliphatic heterocycles. The molecular weight excluding hydrogens is 190 g/mol. The smallest absolute Gasteiger partial charge is 0.138 e. The molecule has 0 saturated carbocycles. The van der Waals surface area contributed by atoms with Crippen molar-refractivity contribution < 1.29 is 4.74 Å². The summed E-state index contributed by atoms with van der Waals surface area (Å²) in [7, 11) is 0. The van der Waals surface area contributed by atoms with Gasteiger partial charge in [0.05, 0.1) is 19.1 Å². The Labute approximate surface area is 88.6 Å². The molecule has 0 fully saturated rings. The van der Waals surface area contributed by atoms with Gasteiger partial charge in [-0.3, -0.25) is 4.98 Å². The summed E-state index contributed by atoms with van der Waals surface area (Å²) in [4.78, 5) is 7.97. The molecule has 2 heterocycles. The van der Waals surface area contributed by atoms with Crippen molar-refractivity contribution in [2.24, 2.45) is 0 Å². The predicted octanol–water partition coefficient (Wildman–Crippen LogP) is 1.75. The summed E-state index contributed by atoms with van der Waals surface area (Å²) in [5.74, 6) is 0.796. The molecule has 2 aromatic heterocycles. The number of aromatic nitrogens is 3. The van der Waals surface area contributed by atoms with E-state index in [1.54, 1.807) is 24.9 Å². The van der Waals surface area contributed by atoms with Gasteiger partial charge in [-0.25, -0.2) is 4.98 Å². The van der Waals surface area contributed by atoms with Crippen LogP contribution in [-0.4, -0.2) is 20.6 Å². The van der Waals surface area contributed by atoms with E-state index >= 15 is 0 Å². The van der Waals surface area contributed by atoms with Gasteiger partial charge in [-0.1, -0.05) is 0 Å². The van der Waals surface area contributed by atoms with Gasteiger partial charge in [-0.2, -0.15) is 0 Å². The van der Waals surface area contributed by atoms with Crippen molar-refractivity contribution in [2.45, 2.75) is 19.6 Å². The van der Waals surface area contributed by atoms with Crippen LogP contribution >= 0.6 is 0 Å². The zero-order valence-electron chi connectivity index (χ0n) is 8.58. The molecule has 4 heteroatoms. The van der Waals surface area contributed by atoms with E-state index in [1.807, 2.05) is 29.8 Å². The van der Waals surface area contributed by atoms with Gasteiger partial charge < -0.3 is 9.30 Å². The summed E-state index contributed by atoms with van der Waals surface area (Å²) in [6.07, 6.45) is 9.00. The lowest BCUT2D eigenvalue weighted by atomic mass is 10.4. The van der Waals surface area contributed by atoms with Crippen LogP contribution in [0.4, 0.5) is 0 Å². The van der Waals surface area contributed by atoms with E-state index in [2.05, 4.69) is 9.97 Å². The highest BCUT2D eigenvalue weighted by molar-refractivity contribution is 5.15. The van der Waals surface area contributed by atoms with E-state index in [9.17, 15) is 0 Å². The van der Waals surface area contributed by atoms with Crippen LogP contribution in [0.5, 0.6) is 5.75 Å². The number of hydrogen-bond donors (Lipinski definition) is 0. The van der Waals surface area contributed by atoms with Crippen LogP contribution < -0.4 is 4.74 Å². The SMILES string of the molecule is CC(Cn1ccnc1)Oc1cccnc1. The fourth-order valence-electron chi connectivity index (χ4n) is 1.38. The molecule has 2 rings (SSSR count). The largest absolute Gasteiger partial charge is 0.487 e. The quantitative estimate of drug-likeness (QED) is 0.760. The molecule has 0 aromatic carbocycles. The minimum absolute atomic E-state index is 0.100. The molecule has 78 valence electrons. The zero-order valence-corrected chi connectivity index (χ0v) is 8.58. The molecule has 0 amide bonds. The van der Waals surface area contributed by atoms with Gasteiger partial charge in [0.25, 0.3) is 0 Å². The standard InChI is InChI=1S/C11H13N3O/c1-10(8-14-6-5-13-9-14)15-11-3-2-4-12-7-11/h2-7,9-10H,8H2,1H3. The molecule has 1 atom stereocenters. The average Bonchev–Trinajstić information content (AvgIpc) is 2.71. The maximum atomic E-state index is 5.68. The monoisotopic (exact) mass is 203 g/mol. The third-order valence-electron chi connectivity index (χ3n) is 2.00. The highest BCUT2D eigenvalue weighted by Gasteiger charge is 2.04. The molecule has 0 N–H and O–H groups in total. The molecule has 0 saturated heterocycles. The minimum atomic E-state index is 0.100. The second-order valence-electron chi connectivity index (χ2n) is 3.38. The first-order valence-electron chi connectivity index (χ1n) is 4.87. The highest BCUT2D eigenvalue weighted by atomic mass is 16.5. The van der Waals surface area contributed by atoms with Crippen LogP contribution in [0.1, 0.15) is 6.92 Å². The van der Waals surface area contributed by atoms with Crippen molar-refractivity contribution in [3.8, 4) is 5.75 Å². The predicted molar refractivity (Wildman–Crippen MR) is 56.6 cm³/mol. The molecule has 0 radical (unpaired) electrons. The number of nitrogens with zero attached hydrogens (tertiary/aromatic N) is 3. The highest BCUT2D eigenvalue weighted by Crippen LogP contribution is 2.09. The van der Waals surface area contributed by atoms with Gasteiger partial charge in [0, 0.05) is 18.6 Å². The molecule has 0 bridgehead atoms. The lowest BCUT2D eigenvalue weighted by molar-refractivity contribution is 0.199. The summed E-state index contributed by atoms with van der Waals surface area (Å²) in [6.45, 7) is 2.81. The van der Waals surface area contributed by atoms with E-state index in [0.29, 0.717) is 0 Å². The van der Waals surface area contributed by atoms with Crippen LogP contribution in [-0.2, 0) is 6.54 Å². The molecule has 0 aliphatic rings. The molecule has 0 aliphatic carbocycles. The molecule has 2 aromatic rings. The van der Waals surface area contributed by atoms with Gasteiger partial charge in [0.1, 0.15) is 11.9 Å². The maximum Gasteiger partial charge on any atom is 0.138 e. The van der Waals surface area contributed by atoms with Crippen LogP contribution in [0.2, 0.25) is 0 Å². The van der Waals surface area contributed by atoms with Crippen molar-refractivity contribution in [3.05, 3.63) is 43.2 Å². The number of pyridine rings is 1. The van der Waals surface area contributed by atoms with E-state index in [4.69, 9.17) is 4.74 Å². The van der Waals surface area contributed by atoms with E-state index in [-0.39, 0.29) is 6.10 Å². The molecule has 15 heavy (non-hydrogen) atoms. The lowest BCUT2D eigenvalue weighted by Gasteiger charge is -2.14. The Morgan fingerprint density at radius 1 is 1.40 bits per heavy atom. The lowest BCUT2D eigenvalue weighted by Crippen LogP contribution is -2.18. The van der Waals surface area contributed by atoms with Crippen LogP contribution in [0.15, 0.2) is 43.2 Å². The van der Waals surface area contributed by atoms with Crippen LogP contribution in [0.3, 0.4) is 0 Å². The summed E-state index contributed by atoms with van der Waals surface area (Å²) in [5.41, 5.74) is 0. The topological polar surface area (TPSA) is 39.9 Å². The van der Waals surface area contributed by atoms with E-state index in [0.717, 1.165) is 12.3 Å².